The van der Waals surface area contributed by atoms with Crippen LogP contribution in [0, 0.1) is 0 Å². The summed E-state index contributed by atoms with van der Waals surface area (Å²) in [5.41, 5.74) is 1.82. The molecule has 2 aliphatic rings. The van der Waals surface area contributed by atoms with E-state index >= 15 is 0 Å². The number of urea groups is 1. The minimum atomic E-state index is 0.00788. The quantitative estimate of drug-likeness (QED) is 0.906. The lowest BCUT2D eigenvalue weighted by Gasteiger charge is -2.55. The number of nitrogens with zero attached hydrogens (tertiary/aromatic N) is 4. The summed E-state index contributed by atoms with van der Waals surface area (Å²) in [5, 5.41) is 3.01. The van der Waals surface area contributed by atoms with Gasteiger partial charge in [0.15, 0.2) is 0 Å². The topological polar surface area (TPSA) is 51.7 Å². The number of carbonyl (C=O) groups excluding carboxylic acids is 1. The second-order valence-electron chi connectivity index (χ2n) is 6.69. The number of aromatic nitrogens is 1. The Balaban J connectivity index is 1.66. The van der Waals surface area contributed by atoms with Gasteiger partial charge in [0.2, 0.25) is 0 Å². The first-order valence-corrected chi connectivity index (χ1v) is 7.90. The Hall–Kier alpha value is -1.82. The van der Waals surface area contributed by atoms with Crippen molar-refractivity contribution in [2.45, 2.75) is 24.8 Å². The Morgan fingerprint density at radius 2 is 1.91 bits per heavy atom. The number of hydrogen-bond donors (Lipinski definition) is 1. The molecule has 2 saturated heterocycles. The number of pyridine rings is 1. The molecule has 1 spiro atoms. The molecule has 2 fully saturated rings. The lowest BCUT2D eigenvalue weighted by atomic mass is 9.77. The molecule has 0 unspecified atom stereocenters. The van der Waals surface area contributed by atoms with Gasteiger partial charge in [-0.2, -0.15) is 0 Å². The Morgan fingerprint density at radius 3 is 2.50 bits per heavy atom. The van der Waals surface area contributed by atoms with Gasteiger partial charge in [-0.1, -0.05) is 0 Å². The highest BCUT2D eigenvalue weighted by Gasteiger charge is 2.48. The third kappa shape index (κ3) is 2.75. The molecule has 2 amide bonds. The summed E-state index contributed by atoms with van der Waals surface area (Å²) in [6.45, 7) is 3.00. The van der Waals surface area contributed by atoms with E-state index in [0.717, 1.165) is 50.3 Å². The van der Waals surface area contributed by atoms with E-state index in [9.17, 15) is 4.79 Å². The second-order valence-corrected chi connectivity index (χ2v) is 6.69. The predicted molar refractivity (Wildman–Crippen MR) is 88.4 cm³/mol. The highest BCUT2D eigenvalue weighted by atomic mass is 16.2. The number of carbonyl (C=O) groups is 1. The van der Waals surface area contributed by atoms with E-state index in [-0.39, 0.29) is 11.6 Å². The van der Waals surface area contributed by atoms with Crippen molar-refractivity contribution in [3.8, 4) is 0 Å². The van der Waals surface area contributed by atoms with Crippen molar-refractivity contribution in [3.05, 3.63) is 18.5 Å². The maximum Gasteiger partial charge on any atom is 0.322 e. The Morgan fingerprint density at radius 1 is 1.23 bits per heavy atom. The normalized spacial score (nSPS) is 20.6. The minimum absolute atomic E-state index is 0.00788. The molecule has 22 heavy (non-hydrogen) atoms. The largest absolute Gasteiger partial charge is 0.376 e. The van der Waals surface area contributed by atoms with E-state index in [2.05, 4.69) is 22.2 Å². The summed E-state index contributed by atoms with van der Waals surface area (Å²) in [4.78, 5) is 23.1. The molecule has 0 bridgehead atoms. The Bertz CT molecular complexity index is 551. The van der Waals surface area contributed by atoms with Crippen molar-refractivity contribution < 1.29 is 4.79 Å². The molecule has 1 aromatic heterocycles. The predicted octanol–water partition coefficient (Wildman–Crippen LogP) is 1.85. The first kappa shape index (κ1) is 15.1. The number of rotatable bonds is 2. The first-order valence-electron chi connectivity index (χ1n) is 7.90. The monoisotopic (exact) mass is 303 g/mol. The SMILES string of the molecule is CN1CCC2(CC1)CCN2C(=O)Nc1cncc(N(C)C)c1. The van der Waals surface area contributed by atoms with Gasteiger partial charge in [0.25, 0.3) is 0 Å². The molecule has 0 aromatic carbocycles. The van der Waals surface area contributed by atoms with Crippen molar-refractivity contribution in [2.24, 2.45) is 0 Å². The maximum atomic E-state index is 12.6. The van der Waals surface area contributed by atoms with Gasteiger partial charge >= 0.3 is 6.03 Å². The summed E-state index contributed by atoms with van der Waals surface area (Å²) >= 11 is 0. The van der Waals surface area contributed by atoms with Gasteiger partial charge in [-0.3, -0.25) is 4.98 Å². The maximum absolute atomic E-state index is 12.6. The van der Waals surface area contributed by atoms with Crippen molar-refractivity contribution in [2.75, 3.05) is 51.0 Å². The third-order valence-electron chi connectivity index (χ3n) is 5.03. The summed E-state index contributed by atoms with van der Waals surface area (Å²) in [6, 6.07) is 1.96. The van der Waals surface area contributed by atoms with Crippen LogP contribution < -0.4 is 10.2 Å². The van der Waals surface area contributed by atoms with Crippen LogP contribution >= 0.6 is 0 Å². The molecule has 1 N–H and O–H groups in total. The Kier molecular flexibility index (Phi) is 3.95. The van der Waals surface area contributed by atoms with Crippen LogP contribution in [0.3, 0.4) is 0 Å². The summed E-state index contributed by atoms with van der Waals surface area (Å²) < 4.78 is 0. The second kappa shape index (κ2) is 5.76. The zero-order valence-electron chi connectivity index (χ0n) is 13.7. The lowest BCUT2D eigenvalue weighted by molar-refractivity contribution is -0.0166. The molecule has 6 nitrogen and oxygen atoms in total. The van der Waals surface area contributed by atoms with Crippen LogP contribution in [-0.2, 0) is 0 Å². The van der Waals surface area contributed by atoms with Crippen LogP contribution in [0.2, 0.25) is 0 Å². The average Bonchev–Trinajstić information content (AvgIpc) is 2.47. The molecule has 2 aliphatic heterocycles. The van der Waals surface area contributed by atoms with Crippen molar-refractivity contribution in [1.82, 2.24) is 14.8 Å². The van der Waals surface area contributed by atoms with E-state index in [1.807, 2.05) is 30.0 Å². The number of anilines is 2. The minimum Gasteiger partial charge on any atom is -0.376 e. The smallest absolute Gasteiger partial charge is 0.322 e. The van der Waals surface area contributed by atoms with Gasteiger partial charge in [-0.15, -0.1) is 0 Å². The van der Waals surface area contributed by atoms with E-state index in [1.54, 1.807) is 12.4 Å². The molecular weight excluding hydrogens is 278 g/mol. The van der Waals surface area contributed by atoms with E-state index in [4.69, 9.17) is 0 Å². The number of nitrogens with one attached hydrogen (secondary N) is 1. The van der Waals surface area contributed by atoms with Crippen molar-refractivity contribution in [1.29, 1.82) is 0 Å². The van der Waals surface area contributed by atoms with Gasteiger partial charge in [0.05, 0.1) is 23.8 Å². The highest BCUT2D eigenvalue weighted by molar-refractivity contribution is 5.90. The molecule has 0 aliphatic carbocycles. The summed E-state index contributed by atoms with van der Waals surface area (Å²) in [6.07, 6.45) is 6.77. The highest BCUT2D eigenvalue weighted by Crippen LogP contribution is 2.40. The van der Waals surface area contributed by atoms with Gasteiger partial charge in [0, 0.05) is 39.3 Å². The molecule has 0 atom stereocenters. The van der Waals surface area contributed by atoms with Crippen LogP contribution in [0.25, 0.3) is 0 Å². The molecule has 6 heteroatoms. The van der Waals surface area contributed by atoms with Crippen LogP contribution in [0.15, 0.2) is 18.5 Å². The molecule has 3 heterocycles. The van der Waals surface area contributed by atoms with Gasteiger partial charge in [-0.05, 0) is 32.4 Å². The number of piperidine rings is 1. The fourth-order valence-electron chi connectivity index (χ4n) is 3.34. The zero-order valence-corrected chi connectivity index (χ0v) is 13.7. The van der Waals surface area contributed by atoms with Gasteiger partial charge in [-0.25, -0.2) is 4.79 Å². The summed E-state index contributed by atoms with van der Waals surface area (Å²) in [7, 11) is 6.07. The molecule has 120 valence electrons. The fourth-order valence-corrected chi connectivity index (χ4v) is 3.34. The van der Waals surface area contributed by atoms with Gasteiger partial charge < -0.3 is 20.0 Å². The summed E-state index contributed by atoms with van der Waals surface area (Å²) in [5.74, 6) is 0. The lowest BCUT2D eigenvalue weighted by Crippen LogP contribution is -2.66. The number of likely N-dealkylation sites (tertiary alicyclic amines) is 2. The van der Waals surface area contributed by atoms with Crippen molar-refractivity contribution >= 4 is 17.4 Å². The number of amides is 2. The fraction of sp³-hybridized carbons (Fsp3) is 0.625. The molecule has 3 rings (SSSR count). The molecule has 0 saturated carbocycles. The molecular formula is C16H25N5O. The van der Waals surface area contributed by atoms with Crippen LogP contribution in [-0.4, -0.2) is 67.1 Å². The van der Waals surface area contributed by atoms with E-state index in [0.29, 0.717) is 0 Å². The van der Waals surface area contributed by atoms with E-state index in [1.165, 1.54) is 0 Å². The molecule has 1 aromatic rings. The Labute approximate surface area is 132 Å². The zero-order chi connectivity index (χ0) is 15.7. The average molecular weight is 303 g/mol. The van der Waals surface area contributed by atoms with E-state index < -0.39 is 0 Å². The van der Waals surface area contributed by atoms with Crippen molar-refractivity contribution in [3.63, 3.8) is 0 Å². The van der Waals surface area contributed by atoms with Crippen LogP contribution in [0.4, 0.5) is 16.2 Å². The van der Waals surface area contributed by atoms with Crippen LogP contribution in [0.1, 0.15) is 19.3 Å². The number of hydrogen-bond acceptors (Lipinski definition) is 4. The standard InChI is InChI=1S/C16H25N5O/c1-19(2)14-10-13(11-17-12-14)18-15(22)21-9-6-16(21)4-7-20(3)8-5-16/h10-12H,4-9H2,1-3H3,(H,18,22). The first-order chi connectivity index (χ1) is 10.5. The van der Waals surface area contributed by atoms with Crippen LogP contribution in [0.5, 0.6) is 0 Å². The molecule has 0 radical (unpaired) electrons. The third-order valence-corrected chi connectivity index (χ3v) is 5.03. The van der Waals surface area contributed by atoms with Gasteiger partial charge in [0.1, 0.15) is 0 Å².